The molecule has 2 saturated heterocycles. The smallest absolute Gasteiger partial charge is 0.334 e. The van der Waals surface area contributed by atoms with Gasteiger partial charge in [0.1, 0.15) is 18.0 Å². The maximum absolute atomic E-state index is 14.3. The van der Waals surface area contributed by atoms with Crippen LogP contribution in [0.5, 0.6) is 5.75 Å². The van der Waals surface area contributed by atoms with Gasteiger partial charge in [0.05, 0.1) is 18.6 Å². The molecule has 3 aromatic carbocycles. The van der Waals surface area contributed by atoms with Crippen molar-refractivity contribution < 1.29 is 19.5 Å². The molecule has 4 amide bonds. The van der Waals surface area contributed by atoms with Gasteiger partial charge >= 0.3 is 6.03 Å². The van der Waals surface area contributed by atoms with Gasteiger partial charge in [-0.2, -0.15) is 0 Å². The maximum atomic E-state index is 14.3. The lowest BCUT2D eigenvalue weighted by Gasteiger charge is -2.55. The fourth-order valence-electron chi connectivity index (χ4n) is 6.25. The number of para-hydroxylation sites is 1. The zero-order valence-corrected chi connectivity index (χ0v) is 24.6. The number of aryl methyl sites for hydroxylation is 1. The molecule has 2 aliphatic heterocycles. The molecule has 0 saturated carbocycles. The lowest BCUT2D eigenvalue weighted by Crippen LogP contribution is -2.76. The van der Waals surface area contributed by atoms with Gasteiger partial charge in [0, 0.05) is 37.6 Å². The van der Waals surface area contributed by atoms with Crippen LogP contribution >= 0.6 is 0 Å². The molecule has 3 N–H and O–H groups in total. The van der Waals surface area contributed by atoms with Crippen molar-refractivity contribution in [2.45, 2.75) is 38.6 Å². The molecular weight excluding hydrogens is 556 g/mol. The SMILES string of the molecule is C=CCN1CC(=O)N2C(Cc3ccc(O)cc3)C(=O)N(Cc3cccc4c(C)c[nH]c34)CC2N1C(=O)NCc1ccccc1. The summed E-state index contributed by atoms with van der Waals surface area (Å²) in [7, 11) is 0. The topological polar surface area (TPSA) is 112 Å². The first kappa shape index (κ1) is 29.0. The largest absolute Gasteiger partial charge is 0.508 e. The molecule has 0 spiro atoms. The number of rotatable bonds is 8. The Morgan fingerprint density at radius 1 is 1.05 bits per heavy atom. The number of hydrogen-bond acceptors (Lipinski definition) is 5. The van der Waals surface area contributed by atoms with E-state index in [2.05, 4.69) is 16.9 Å². The van der Waals surface area contributed by atoms with E-state index >= 15 is 0 Å². The van der Waals surface area contributed by atoms with Crippen LogP contribution in [-0.4, -0.2) is 79.6 Å². The Hall–Kier alpha value is -5.09. The molecule has 0 bridgehead atoms. The minimum absolute atomic E-state index is 0.0678. The molecule has 2 fully saturated rings. The molecule has 0 aliphatic carbocycles. The third-order valence-corrected chi connectivity index (χ3v) is 8.40. The van der Waals surface area contributed by atoms with Crippen LogP contribution in [0.25, 0.3) is 10.9 Å². The first-order chi connectivity index (χ1) is 21.3. The van der Waals surface area contributed by atoms with Crippen molar-refractivity contribution in [1.29, 1.82) is 0 Å². The first-order valence-corrected chi connectivity index (χ1v) is 14.7. The predicted molar refractivity (Wildman–Crippen MR) is 167 cm³/mol. The van der Waals surface area contributed by atoms with E-state index in [4.69, 9.17) is 0 Å². The summed E-state index contributed by atoms with van der Waals surface area (Å²) in [6.07, 6.45) is 3.11. The van der Waals surface area contributed by atoms with Crippen LogP contribution in [0.4, 0.5) is 4.79 Å². The normalized spacial score (nSPS) is 18.9. The van der Waals surface area contributed by atoms with Crippen molar-refractivity contribution in [3.05, 3.63) is 114 Å². The molecule has 2 unspecified atom stereocenters. The summed E-state index contributed by atoms with van der Waals surface area (Å²) in [5, 5.41) is 17.2. The van der Waals surface area contributed by atoms with Crippen molar-refractivity contribution in [2.24, 2.45) is 0 Å². The number of hydrazine groups is 1. The zero-order valence-electron chi connectivity index (χ0n) is 24.6. The van der Waals surface area contributed by atoms with Gasteiger partial charge in [-0.15, -0.1) is 6.58 Å². The van der Waals surface area contributed by atoms with Gasteiger partial charge in [0.15, 0.2) is 0 Å². The molecule has 226 valence electrons. The van der Waals surface area contributed by atoms with E-state index in [0.717, 1.165) is 33.2 Å². The van der Waals surface area contributed by atoms with Gasteiger partial charge in [-0.3, -0.25) is 9.59 Å². The van der Waals surface area contributed by atoms with Gasteiger partial charge < -0.3 is 25.2 Å². The number of aromatic hydroxyl groups is 1. The average molecular weight is 593 g/mol. The molecule has 0 radical (unpaired) electrons. The lowest BCUT2D eigenvalue weighted by atomic mass is 9.98. The number of phenolic OH excluding ortho intramolecular Hbond substituents is 1. The molecule has 1 aromatic heterocycles. The number of carbonyl (C=O) groups is 3. The zero-order chi connectivity index (χ0) is 30.8. The lowest BCUT2D eigenvalue weighted by molar-refractivity contribution is -0.189. The Labute approximate surface area is 256 Å². The second-order valence-electron chi connectivity index (χ2n) is 11.3. The van der Waals surface area contributed by atoms with Crippen molar-refractivity contribution in [3.8, 4) is 5.75 Å². The van der Waals surface area contributed by atoms with Gasteiger partial charge in [-0.1, -0.05) is 66.7 Å². The number of piperazine rings is 1. The summed E-state index contributed by atoms with van der Waals surface area (Å²) in [4.78, 5) is 48.6. The quantitative estimate of drug-likeness (QED) is 0.269. The Balaban J connectivity index is 1.37. The van der Waals surface area contributed by atoms with Crippen molar-refractivity contribution in [3.63, 3.8) is 0 Å². The third kappa shape index (κ3) is 5.63. The van der Waals surface area contributed by atoms with E-state index in [1.165, 1.54) is 0 Å². The number of benzene rings is 3. The van der Waals surface area contributed by atoms with Gasteiger partial charge in [0.2, 0.25) is 11.8 Å². The van der Waals surface area contributed by atoms with Crippen LogP contribution in [0.2, 0.25) is 0 Å². The molecule has 2 atom stereocenters. The van der Waals surface area contributed by atoms with E-state index in [1.807, 2.05) is 61.7 Å². The van der Waals surface area contributed by atoms with Gasteiger partial charge in [-0.25, -0.2) is 14.8 Å². The highest BCUT2D eigenvalue weighted by Crippen LogP contribution is 2.31. The summed E-state index contributed by atoms with van der Waals surface area (Å²) in [6, 6.07) is 21.1. The number of carbonyl (C=O) groups excluding carboxylic acids is 3. The van der Waals surface area contributed by atoms with E-state index < -0.39 is 12.2 Å². The monoisotopic (exact) mass is 592 g/mol. The van der Waals surface area contributed by atoms with Crippen molar-refractivity contribution >= 4 is 28.7 Å². The number of phenols is 1. The molecule has 44 heavy (non-hydrogen) atoms. The molecule has 3 heterocycles. The molecule has 2 aliphatic rings. The second-order valence-corrected chi connectivity index (χ2v) is 11.3. The molecular formula is C34H36N6O4. The minimum Gasteiger partial charge on any atom is -0.508 e. The maximum Gasteiger partial charge on any atom is 0.334 e. The number of fused-ring (bicyclic) bond motifs is 2. The second kappa shape index (κ2) is 12.3. The van der Waals surface area contributed by atoms with Crippen LogP contribution in [0.1, 0.15) is 22.3 Å². The summed E-state index contributed by atoms with van der Waals surface area (Å²) in [6.45, 7) is 6.86. The fraction of sp³-hybridized carbons (Fsp3) is 0.265. The van der Waals surface area contributed by atoms with Crippen LogP contribution in [0.15, 0.2) is 91.6 Å². The van der Waals surface area contributed by atoms with E-state index in [-0.39, 0.29) is 49.7 Å². The molecule has 10 heteroatoms. The third-order valence-electron chi connectivity index (χ3n) is 8.40. The number of urea groups is 1. The number of hydrogen-bond donors (Lipinski definition) is 3. The summed E-state index contributed by atoms with van der Waals surface area (Å²) >= 11 is 0. The number of amides is 4. The van der Waals surface area contributed by atoms with Crippen LogP contribution < -0.4 is 5.32 Å². The highest BCUT2D eigenvalue weighted by atomic mass is 16.3. The molecule has 6 rings (SSSR count). The van der Waals surface area contributed by atoms with Crippen molar-refractivity contribution in [2.75, 3.05) is 19.6 Å². The highest BCUT2D eigenvalue weighted by molar-refractivity contribution is 5.92. The van der Waals surface area contributed by atoms with E-state index in [9.17, 15) is 19.5 Å². The Bertz CT molecular complexity index is 1690. The van der Waals surface area contributed by atoms with Gasteiger partial charge in [0.25, 0.3) is 0 Å². The summed E-state index contributed by atoms with van der Waals surface area (Å²) < 4.78 is 0. The number of aromatic nitrogens is 1. The van der Waals surface area contributed by atoms with Crippen molar-refractivity contribution in [1.82, 2.24) is 30.1 Å². The minimum atomic E-state index is -0.842. The van der Waals surface area contributed by atoms with Gasteiger partial charge in [-0.05, 0) is 41.3 Å². The average Bonchev–Trinajstić information content (AvgIpc) is 3.41. The Morgan fingerprint density at radius 3 is 2.57 bits per heavy atom. The predicted octanol–water partition coefficient (Wildman–Crippen LogP) is 3.92. The first-order valence-electron chi connectivity index (χ1n) is 14.7. The summed E-state index contributed by atoms with van der Waals surface area (Å²) in [5.74, 6) is -0.305. The number of aromatic amines is 1. The van der Waals surface area contributed by atoms with E-state index in [0.29, 0.717) is 13.1 Å². The van der Waals surface area contributed by atoms with Crippen LogP contribution in [0.3, 0.4) is 0 Å². The fourth-order valence-corrected chi connectivity index (χ4v) is 6.25. The standard InChI is InChI=1S/C34H36N6O4/c1-3-16-38-22-31(42)39-29(17-24-12-14-27(41)15-13-24)33(43)37(20-26-10-7-11-28-23(2)18-35-32(26)28)21-30(39)40(38)34(44)36-19-25-8-5-4-6-9-25/h3-15,18,29-30,35,41H,1,16-17,19-22H2,2H3,(H,36,44). The Kier molecular flexibility index (Phi) is 8.08. The number of H-pyrrole nitrogens is 1. The summed E-state index contributed by atoms with van der Waals surface area (Å²) in [5.41, 5.74) is 4.76. The molecule has 10 nitrogen and oxygen atoms in total. The van der Waals surface area contributed by atoms with E-state index in [1.54, 1.807) is 50.2 Å². The highest BCUT2D eigenvalue weighted by Gasteiger charge is 2.51. The Morgan fingerprint density at radius 2 is 1.82 bits per heavy atom. The number of nitrogens with one attached hydrogen (secondary N) is 2. The molecule has 4 aromatic rings. The van der Waals surface area contributed by atoms with Crippen LogP contribution in [0, 0.1) is 6.92 Å². The van der Waals surface area contributed by atoms with Crippen LogP contribution in [-0.2, 0) is 29.1 Å². The number of nitrogens with zero attached hydrogens (tertiary/aromatic N) is 4.